The first-order valence-electron chi connectivity index (χ1n) is 10.2. The van der Waals surface area contributed by atoms with Gasteiger partial charge in [-0.3, -0.25) is 19.7 Å². The molecule has 3 rings (SSSR count). The molecule has 0 saturated carbocycles. The van der Waals surface area contributed by atoms with Crippen molar-refractivity contribution in [1.82, 2.24) is 9.88 Å². The van der Waals surface area contributed by atoms with E-state index in [1.54, 1.807) is 6.07 Å². The first-order chi connectivity index (χ1) is 15.7. The fraction of sp³-hybridized carbons (Fsp3) is 0.208. The second kappa shape index (κ2) is 9.90. The van der Waals surface area contributed by atoms with Crippen LogP contribution in [0.3, 0.4) is 0 Å². The van der Waals surface area contributed by atoms with Gasteiger partial charge >= 0.3 is 5.97 Å². The molecule has 170 valence electrons. The number of ether oxygens (including phenoxy) is 1. The van der Waals surface area contributed by atoms with Crippen molar-refractivity contribution < 1.29 is 24.0 Å². The number of nitro benzene ring substituents is 1. The van der Waals surface area contributed by atoms with Crippen molar-refractivity contribution in [3.63, 3.8) is 0 Å². The number of benzene rings is 2. The molecule has 1 amide bonds. The van der Waals surface area contributed by atoms with Crippen LogP contribution in [0.5, 0.6) is 0 Å². The highest BCUT2D eigenvalue weighted by Crippen LogP contribution is 2.21. The minimum Gasteiger partial charge on any atom is -0.456 e. The quantitative estimate of drug-likeness (QED) is 0.243. The van der Waals surface area contributed by atoms with Gasteiger partial charge in [0, 0.05) is 40.3 Å². The van der Waals surface area contributed by atoms with Gasteiger partial charge in [-0.1, -0.05) is 24.3 Å². The summed E-state index contributed by atoms with van der Waals surface area (Å²) in [4.78, 5) is 47.5. The Morgan fingerprint density at radius 2 is 1.76 bits per heavy atom. The van der Waals surface area contributed by atoms with Gasteiger partial charge in [0.1, 0.15) is 6.04 Å². The molecule has 1 atom stereocenters. The molecule has 33 heavy (non-hydrogen) atoms. The van der Waals surface area contributed by atoms with Gasteiger partial charge in [-0.25, -0.2) is 4.79 Å². The van der Waals surface area contributed by atoms with E-state index < -0.39 is 29.4 Å². The highest BCUT2D eigenvalue weighted by Gasteiger charge is 2.22. The number of nitro groups is 1. The van der Waals surface area contributed by atoms with Crippen LogP contribution in [0.1, 0.15) is 39.0 Å². The molecule has 0 aliphatic heterocycles. The number of nitrogens with one attached hydrogen (secondary N) is 1. The molecular weight excluding hydrogens is 426 g/mol. The van der Waals surface area contributed by atoms with Crippen LogP contribution in [-0.4, -0.2) is 39.8 Å². The van der Waals surface area contributed by atoms with Gasteiger partial charge in [0.2, 0.25) is 5.78 Å². The Labute approximate surface area is 190 Å². The number of para-hydroxylation sites is 1. The average Bonchev–Trinajstić information content (AvgIpc) is 3.11. The van der Waals surface area contributed by atoms with E-state index in [9.17, 15) is 24.5 Å². The largest absolute Gasteiger partial charge is 0.456 e. The van der Waals surface area contributed by atoms with E-state index in [2.05, 4.69) is 5.32 Å². The summed E-state index contributed by atoms with van der Waals surface area (Å²) in [5.74, 6) is -1.82. The van der Waals surface area contributed by atoms with Crippen LogP contribution in [-0.2, 0) is 9.53 Å². The number of esters is 1. The highest BCUT2D eigenvalue weighted by atomic mass is 16.6. The summed E-state index contributed by atoms with van der Waals surface area (Å²) in [5, 5.41) is 13.3. The SMILES string of the molecule is Cc1cc(C(=O)COC(=O)C(C)NC(=O)c2cccc([N+](=O)[O-])c2)c(C)n1-c1ccccc1. The molecule has 9 heteroatoms. The third-order valence-electron chi connectivity index (χ3n) is 5.11. The topological polar surface area (TPSA) is 121 Å². The zero-order valence-electron chi connectivity index (χ0n) is 18.4. The molecule has 1 unspecified atom stereocenters. The summed E-state index contributed by atoms with van der Waals surface area (Å²) in [6.45, 7) is 4.63. The lowest BCUT2D eigenvalue weighted by Crippen LogP contribution is -2.40. The van der Waals surface area contributed by atoms with Crippen molar-refractivity contribution >= 4 is 23.3 Å². The molecule has 0 fully saturated rings. The first kappa shape index (κ1) is 23.4. The molecule has 0 aliphatic rings. The zero-order valence-corrected chi connectivity index (χ0v) is 18.4. The number of ketones is 1. The summed E-state index contributed by atoms with van der Waals surface area (Å²) in [6.07, 6.45) is 0. The standard InChI is InChI=1S/C24H23N3O6/c1-15-12-21(17(3)26(15)19-9-5-4-6-10-19)22(28)14-33-24(30)16(2)25-23(29)18-8-7-11-20(13-18)27(31)32/h4-13,16H,14H2,1-3H3,(H,25,29). The lowest BCUT2D eigenvalue weighted by atomic mass is 10.1. The second-order valence-electron chi connectivity index (χ2n) is 7.49. The summed E-state index contributed by atoms with van der Waals surface area (Å²) < 4.78 is 7.05. The van der Waals surface area contributed by atoms with E-state index in [4.69, 9.17) is 4.74 Å². The number of nitrogens with zero attached hydrogens (tertiary/aromatic N) is 2. The maximum Gasteiger partial charge on any atom is 0.328 e. The number of non-ortho nitro benzene ring substituents is 1. The molecule has 1 N–H and O–H groups in total. The number of hydrogen-bond acceptors (Lipinski definition) is 6. The van der Waals surface area contributed by atoms with E-state index in [1.807, 2.05) is 48.7 Å². The van der Waals surface area contributed by atoms with Crippen LogP contribution in [0.15, 0.2) is 60.7 Å². The first-order valence-corrected chi connectivity index (χ1v) is 10.2. The zero-order chi connectivity index (χ0) is 24.1. The predicted octanol–water partition coefficient (Wildman–Crippen LogP) is 3.55. The number of carbonyl (C=O) groups excluding carboxylic acids is 3. The van der Waals surface area contributed by atoms with Crippen LogP contribution < -0.4 is 5.32 Å². The van der Waals surface area contributed by atoms with Gasteiger partial charge in [0.15, 0.2) is 6.61 Å². The minimum atomic E-state index is -1.05. The predicted molar refractivity (Wildman–Crippen MR) is 121 cm³/mol. The molecule has 0 aliphatic carbocycles. The molecule has 3 aromatic rings. The van der Waals surface area contributed by atoms with E-state index in [0.717, 1.165) is 23.1 Å². The third-order valence-corrected chi connectivity index (χ3v) is 5.11. The maximum absolute atomic E-state index is 12.7. The van der Waals surface area contributed by atoms with Gasteiger partial charge in [-0.2, -0.15) is 0 Å². The molecule has 9 nitrogen and oxygen atoms in total. The second-order valence-corrected chi connectivity index (χ2v) is 7.49. The van der Waals surface area contributed by atoms with E-state index in [1.165, 1.54) is 25.1 Å². The van der Waals surface area contributed by atoms with Crippen molar-refractivity contribution in [3.8, 4) is 5.69 Å². The average molecular weight is 449 g/mol. The van der Waals surface area contributed by atoms with Crippen LogP contribution in [0, 0.1) is 24.0 Å². The fourth-order valence-corrected chi connectivity index (χ4v) is 3.46. The van der Waals surface area contributed by atoms with Crippen LogP contribution in [0.2, 0.25) is 0 Å². The fourth-order valence-electron chi connectivity index (χ4n) is 3.46. The van der Waals surface area contributed by atoms with Gasteiger partial charge < -0.3 is 14.6 Å². The number of amides is 1. The molecular formula is C24H23N3O6. The summed E-state index contributed by atoms with van der Waals surface area (Å²) in [7, 11) is 0. The van der Waals surface area contributed by atoms with Crippen molar-refractivity contribution in [3.05, 3.63) is 93.3 Å². The van der Waals surface area contributed by atoms with Gasteiger partial charge in [-0.05, 0) is 45.0 Å². The Morgan fingerprint density at radius 3 is 2.42 bits per heavy atom. The van der Waals surface area contributed by atoms with E-state index in [-0.39, 0.29) is 17.0 Å². The molecule has 0 spiro atoms. The number of aryl methyl sites for hydroxylation is 1. The van der Waals surface area contributed by atoms with Crippen molar-refractivity contribution in [1.29, 1.82) is 0 Å². The Balaban J connectivity index is 1.61. The summed E-state index contributed by atoms with van der Waals surface area (Å²) in [6, 6.07) is 15.4. The smallest absolute Gasteiger partial charge is 0.328 e. The van der Waals surface area contributed by atoms with Crippen LogP contribution in [0.25, 0.3) is 5.69 Å². The van der Waals surface area contributed by atoms with Crippen molar-refractivity contribution in [2.24, 2.45) is 0 Å². The monoisotopic (exact) mass is 449 g/mol. The summed E-state index contributed by atoms with van der Waals surface area (Å²) >= 11 is 0. The van der Waals surface area contributed by atoms with Crippen LogP contribution >= 0.6 is 0 Å². The molecule has 2 aromatic carbocycles. The van der Waals surface area contributed by atoms with E-state index in [0.29, 0.717) is 5.56 Å². The minimum absolute atomic E-state index is 0.0354. The third kappa shape index (κ3) is 5.32. The maximum atomic E-state index is 12.7. The van der Waals surface area contributed by atoms with Crippen molar-refractivity contribution in [2.75, 3.05) is 6.61 Å². The molecule has 1 aromatic heterocycles. The van der Waals surface area contributed by atoms with Crippen molar-refractivity contribution in [2.45, 2.75) is 26.8 Å². The molecule has 0 bridgehead atoms. The lowest BCUT2D eigenvalue weighted by molar-refractivity contribution is -0.384. The number of carbonyl (C=O) groups is 3. The molecule has 0 saturated heterocycles. The summed E-state index contributed by atoms with van der Waals surface area (Å²) in [5.41, 5.74) is 2.75. The molecule has 1 heterocycles. The van der Waals surface area contributed by atoms with Gasteiger partial charge in [0.25, 0.3) is 11.6 Å². The van der Waals surface area contributed by atoms with Gasteiger partial charge in [0.05, 0.1) is 4.92 Å². The Hall–Kier alpha value is -4.27. The number of hydrogen-bond donors (Lipinski definition) is 1. The number of aromatic nitrogens is 1. The van der Waals surface area contributed by atoms with Gasteiger partial charge in [-0.15, -0.1) is 0 Å². The molecule has 0 radical (unpaired) electrons. The normalized spacial score (nSPS) is 11.5. The highest BCUT2D eigenvalue weighted by molar-refractivity contribution is 6.00. The Kier molecular flexibility index (Phi) is 7.02. The number of rotatable bonds is 8. The number of Topliss-reactive ketones (excluding diaryl/α,β-unsaturated/α-hetero) is 1. The Bertz CT molecular complexity index is 1220. The lowest BCUT2D eigenvalue weighted by Gasteiger charge is -2.13. The Morgan fingerprint density at radius 1 is 1.06 bits per heavy atom. The van der Waals surface area contributed by atoms with Crippen LogP contribution in [0.4, 0.5) is 5.69 Å². The van der Waals surface area contributed by atoms with E-state index >= 15 is 0 Å².